The lowest BCUT2D eigenvalue weighted by Crippen LogP contribution is -2.33. The zero-order valence-corrected chi connectivity index (χ0v) is 11.5. The van der Waals surface area contributed by atoms with Gasteiger partial charge in [-0.2, -0.15) is 0 Å². The van der Waals surface area contributed by atoms with Crippen LogP contribution < -0.4 is 0 Å². The second-order valence-corrected chi connectivity index (χ2v) is 5.41. The Hall–Kier alpha value is -2.34. The number of aromatic carboxylic acids is 1. The highest BCUT2D eigenvalue weighted by molar-refractivity contribution is 5.86. The second kappa shape index (κ2) is 5.14. The third kappa shape index (κ3) is 2.35. The standard InChI is InChI=1S/C16H13F2NO3/c17-11-4-5-13(15(20)21)19-14(11)10-3-2-9(8-12(10)18)16(22)6-1-7-16/h2-5,8,22H,1,6-7H2,(H,20,21). The van der Waals surface area contributed by atoms with E-state index in [9.17, 15) is 18.7 Å². The van der Waals surface area contributed by atoms with Gasteiger partial charge in [-0.05, 0) is 49.1 Å². The van der Waals surface area contributed by atoms with Crippen LogP contribution >= 0.6 is 0 Å². The number of aromatic nitrogens is 1. The number of benzene rings is 1. The monoisotopic (exact) mass is 305 g/mol. The van der Waals surface area contributed by atoms with Gasteiger partial charge in [0.05, 0.1) is 5.60 Å². The van der Waals surface area contributed by atoms with E-state index in [1.54, 1.807) is 0 Å². The van der Waals surface area contributed by atoms with Gasteiger partial charge in [-0.1, -0.05) is 6.07 Å². The number of rotatable bonds is 3. The van der Waals surface area contributed by atoms with Crippen molar-refractivity contribution in [1.82, 2.24) is 4.98 Å². The summed E-state index contributed by atoms with van der Waals surface area (Å²) in [5.74, 6) is -2.87. The fraction of sp³-hybridized carbons (Fsp3) is 0.250. The summed E-state index contributed by atoms with van der Waals surface area (Å²) in [4.78, 5) is 14.6. The Morgan fingerprint density at radius 1 is 1.14 bits per heavy atom. The molecule has 0 spiro atoms. The van der Waals surface area contributed by atoms with Gasteiger partial charge in [0.2, 0.25) is 0 Å². The predicted molar refractivity (Wildman–Crippen MR) is 74.3 cm³/mol. The van der Waals surface area contributed by atoms with Gasteiger partial charge in [-0.25, -0.2) is 18.6 Å². The molecule has 1 fully saturated rings. The van der Waals surface area contributed by atoms with Crippen molar-refractivity contribution in [3.8, 4) is 11.3 Å². The van der Waals surface area contributed by atoms with Crippen LogP contribution in [0.4, 0.5) is 8.78 Å². The molecule has 4 nitrogen and oxygen atoms in total. The molecule has 22 heavy (non-hydrogen) atoms. The number of aliphatic hydroxyl groups is 1. The quantitative estimate of drug-likeness (QED) is 0.914. The van der Waals surface area contributed by atoms with Crippen LogP contribution in [-0.4, -0.2) is 21.2 Å². The van der Waals surface area contributed by atoms with Gasteiger partial charge in [0, 0.05) is 5.56 Å². The molecule has 1 aromatic carbocycles. The van der Waals surface area contributed by atoms with Crippen LogP contribution in [0.2, 0.25) is 0 Å². The summed E-state index contributed by atoms with van der Waals surface area (Å²) >= 11 is 0. The Morgan fingerprint density at radius 2 is 1.86 bits per heavy atom. The molecule has 1 aliphatic carbocycles. The summed E-state index contributed by atoms with van der Waals surface area (Å²) in [7, 11) is 0. The van der Waals surface area contributed by atoms with E-state index in [0.29, 0.717) is 18.4 Å². The van der Waals surface area contributed by atoms with Crippen LogP contribution in [-0.2, 0) is 5.60 Å². The Labute approximate surface area is 125 Å². The average molecular weight is 305 g/mol. The predicted octanol–water partition coefficient (Wildman–Crippen LogP) is 3.10. The number of hydrogen-bond donors (Lipinski definition) is 2. The number of carbonyl (C=O) groups is 1. The molecule has 2 aromatic rings. The number of carboxylic acids is 1. The molecule has 1 heterocycles. The first kappa shape index (κ1) is 14.6. The van der Waals surface area contributed by atoms with Gasteiger partial charge in [-0.3, -0.25) is 0 Å². The van der Waals surface area contributed by atoms with Crippen LogP contribution in [0.1, 0.15) is 35.3 Å². The zero-order chi connectivity index (χ0) is 15.9. The molecule has 1 saturated carbocycles. The van der Waals surface area contributed by atoms with Crippen molar-refractivity contribution in [1.29, 1.82) is 0 Å². The SMILES string of the molecule is O=C(O)c1ccc(F)c(-c2ccc(C3(O)CCC3)cc2F)n1. The largest absolute Gasteiger partial charge is 0.477 e. The highest BCUT2D eigenvalue weighted by Gasteiger charge is 2.36. The fourth-order valence-electron chi connectivity index (χ4n) is 2.55. The van der Waals surface area contributed by atoms with Gasteiger partial charge in [-0.15, -0.1) is 0 Å². The average Bonchev–Trinajstić information content (AvgIpc) is 2.45. The van der Waals surface area contributed by atoms with Crippen molar-refractivity contribution in [2.75, 3.05) is 0 Å². The molecule has 0 bridgehead atoms. The molecular formula is C16H13F2NO3. The van der Waals surface area contributed by atoms with E-state index in [0.717, 1.165) is 24.6 Å². The molecule has 0 saturated heterocycles. The number of carboxylic acid groups (broad SMARTS) is 1. The third-order valence-electron chi connectivity index (χ3n) is 4.01. The van der Waals surface area contributed by atoms with Gasteiger partial charge in [0.1, 0.15) is 23.0 Å². The molecule has 0 unspecified atom stereocenters. The maximum Gasteiger partial charge on any atom is 0.354 e. The van der Waals surface area contributed by atoms with Gasteiger partial charge in [0.15, 0.2) is 0 Å². The number of pyridine rings is 1. The van der Waals surface area contributed by atoms with Gasteiger partial charge < -0.3 is 10.2 Å². The van der Waals surface area contributed by atoms with E-state index in [1.165, 1.54) is 12.1 Å². The van der Waals surface area contributed by atoms with E-state index in [1.807, 2.05) is 0 Å². The molecule has 0 radical (unpaired) electrons. The topological polar surface area (TPSA) is 70.4 Å². The molecule has 0 amide bonds. The number of halogens is 2. The lowest BCUT2D eigenvalue weighted by molar-refractivity contribution is -0.0390. The Kier molecular flexibility index (Phi) is 3.41. The molecule has 0 aliphatic heterocycles. The van der Waals surface area contributed by atoms with Crippen LogP contribution in [0.3, 0.4) is 0 Å². The molecule has 0 atom stereocenters. The normalized spacial score (nSPS) is 16.1. The maximum atomic E-state index is 14.3. The minimum Gasteiger partial charge on any atom is -0.477 e. The summed E-state index contributed by atoms with van der Waals surface area (Å²) in [6.45, 7) is 0. The van der Waals surface area contributed by atoms with Gasteiger partial charge in [0.25, 0.3) is 0 Å². The van der Waals surface area contributed by atoms with Crippen LogP contribution in [0.5, 0.6) is 0 Å². The minimum atomic E-state index is -1.32. The smallest absolute Gasteiger partial charge is 0.354 e. The molecule has 6 heteroatoms. The first-order chi connectivity index (χ1) is 10.4. The molecule has 1 aliphatic rings. The van der Waals surface area contributed by atoms with E-state index in [2.05, 4.69) is 4.98 Å². The Morgan fingerprint density at radius 3 is 2.41 bits per heavy atom. The molecule has 114 valence electrons. The summed E-state index contributed by atoms with van der Waals surface area (Å²) in [5, 5.41) is 19.1. The highest BCUT2D eigenvalue weighted by Crippen LogP contribution is 2.42. The van der Waals surface area contributed by atoms with E-state index in [-0.39, 0.29) is 17.0 Å². The minimum absolute atomic E-state index is 0.132. The van der Waals surface area contributed by atoms with Crippen molar-refractivity contribution in [2.45, 2.75) is 24.9 Å². The third-order valence-corrected chi connectivity index (χ3v) is 4.01. The van der Waals surface area contributed by atoms with Crippen molar-refractivity contribution >= 4 is 5.97 Å². The van der Waals surface area contributed by atoms with Crippen LogP contribution in [0, 0.1) is 11.6 Å². The fourth-order valence-corrected chi connectivity index (χ4v) is 2.55. The lowest BCUT2D eigenvalue weighted by atomic mass is 9.75. The highest BCUT2D eigenvalue weighted by atomic mass is 19.1. The van der Waals surface area contributed by atoms with Gasteiger partial charge >= 0.3 is 5.97 Å². The molecular weight excluding hydrogens is 292 g/mol. The summed E-state index contributed by atoms with van der Waals surface area (Å²) < 4.78 is 28.1. The Balaban J connectivity index is 2.05. The first-order valence-electron chi connectivity index (χ1n) is 6.83. The molecule has 3 rings (SSSR count). The van der Waals surface area contributed by atoms with Crippen molar-refractivity contribution in [2.24, 2.45) is 0 Å². The summed E-state index contributed by atoms with van der Waals surface area (Å²) in [5.41, 5.74) is -1.43. The summed E-state index contributed by atoms with van der Waals surface area (Å²) in [6, 6.07) is 5.95. The maximum absolute atomic E-state index is 14.3. The zero-order valence-electron chi connectivity index (χ0n) is 11.5. The van der Waals surface area contributed by atoms with Crippen LogP contribution in [0.25, 0.3) is 11.3 Å². The second-order valence-electron chi connectivity index (χ2n) is 5.41. The lowest BCUT2D eigenvalue weighted by Gasteiger charge is -2.37. The first-order valence-corrected chi connectivity index (χ1v) is 6.83. The molecule has 1 aromatic heterocycles. The molecule has 2 N–H and O–H groups in total. The van der Waals surface area contributed by atoms with E-state index >= 15 is 0 Å². The van der Waals surface area contributed by atoms with Crippen molar-refractivity contribution in [3.63, 3.8) is 0 Å². The Bertz CT molecular complexity index is 757. The number of hydrogen-bond acceptors (Lipinski definition) is 3. The van der Waals surface area contributed by atoms with E-state index < -0.39 is 23.2 Å². The number of nitrogens with zero attached hydrogens (tertiary/aromatic N) is 1. The van der Waals surface area contributed by atoms with E-state index in [4.69, 9.17) is 5.11 Å². The summed E-state index contributed by atoms with van der Waals surface area (Å²) in [6.07, 6.45) is 2.00. The van der Waals surface area contributed by atoms with Crippen LogP contribution in [0.15, 0.2) is 30.3 Å². The van der Waals surface area contributed by atoms with Crippen molar-refractivity contribution < 1.29 is 23.8 Å². The van der Waals surface area contributed by atoms with Crippen molar-refractivity contribution in [3.05, 3.63) is 53.2 Å².